The van der Waals surface area contributed by atoms with Gasteiger partial charge < -0.3 is 0 Å². The Labute approximate surface area is 56.9 Å². The summed E-state index contributed by atoms with van der Waals surface area (Å²) in [6, 6.07) is 0. The summed E-state index contributed by atoms with van der Waals surface area (Å²) in [7, 11) is 1.87. The van der Waals surface area contributed by atoms with Gasteiger partial charge in [-0.15, -0.1) is 0 Å². The first-order chi connectivity index (χ1) is 4.20. The Morgan fingerprint density at radius 2 is 2.33 bits per heavy atom. The molecule has 2 heteroatoms. The maximum atomic E-state index is 3.68. The SMILES string of the molecule is C=NN(C)/C=C(\C)CC. The Morgan fingerprint density at radius 3 is 2.67 bits per heavy atom. The molecular formula is C7H14N2. The van der Waals surface area contributed by atoms with Crippen LogP contribution in [0.1, 0.15) is 20.3 Å². The standard InChI is InChI=1S/C7H14N2/c1-5-7(2)6-9(4)8-3/h6H,3,5H2,1-2,4H3/b7-6+. The number of allylic oxidation sites excluding steroid dienone is 1. The van der Waals surface area contributed by atoms with Crippen LogP contribution >= 0.6 is 0 Å². The fourth-order valence-electron chi connectivity index (χ4n) is 0.451. The highest BCUT2D eigenvalue weighted by Gasteiger charge is 1.84. The van der Waals surface area contributed by atoms with Gasteiger partial charge in [0.15, 0.2) is 0 Å². The zero-order valence-corrected chi connectivity index (χ0v) is 6.39. The monoisotopic (exact) mass is 126 g/mol. The molecule has 0 aromatic carbocycles. The summed E-state index contributed by atoms with van der Waals surface area (Å²) in [5.74, 6) is 0. The topological polar surface area (TPSA) is 15.6 Å². The second-order valence-electron chi connectivity index (χ2n) is 2.04. The number of hydrazone groups is 1. The summed E-state index contributed by atoms with van der Waals surface area (Å²) >= 11 is 0. The van der Waals surface area contributed by atoms with E-state index in [-0.39, 0.29) is 0 Å². The van der Waals surface area contributed by atoms with E-state index < -0.39 is 0 Å². The maximum Gasteiger partial charge on any atom is 0.0296 e. The van der Waals surface area contributed by atoms with E-state index in [1.165, 1.54) is 5.57 Å². The van der Waals surface area contributed by atoms with E-state index in [0.29, 0.717) is 0 Å². The molecule has 0 aromatic rings. The molecule has 52 valence electrons. The van der Waals surface area contributed by atoms with Crippen molar-refractivity contribution in [2.45, 2.75) is 20.3 Å². The largest absolute Gasteiger partial charge is 0.277 e. The van der Waals surface area contributed by atoms with Crippen molar-refractivity contribution in [2.75, 3.05) is 7.05 Å². The van der Waals surface area contributed by atoms with Crippen LogP contribution in [0.2, 0.25) is 0 Å². The van der Waals surface area contributed by atoms with Crippen LogP contribution in [-0.2, 0) is 0 Å². The quantitative estimate of drug-likeness (QED) is 0.416. The molecule has 0 aliphatic rings. The summed E-state index contributed by atoms with van der Waals surface area (Å²) in [6.45, 7) is 7.56. The van der Waals surface area contributed by atoms with Crippen molar-refractivity contribution in [3.8, 4) is 0 Å². The fourth-order valence-corrected chi connectivity index (χ4v) is 0.451. The van der Waals surface area contributed by atoms with Gasteiger partial charge in [-0.25, -0.2) is 0 Å². The van der Waals surface area contributed by atoms with Crippen LogP contribution in [0, 0.1) is 0 Å². The lowest BCUT2D eigenvalue weighted by molar-refractivity contribution is 0.489. The van der Waals surface area contributed by atoms with Crippen LogP contribution in [0.4, 0.5) is 0 Å². The maximum absolute atomic E-state index is 3.68. The Kier molecular flexibility index (Phi) is 3.76. The Balaban J connectivity index is 3.78. The molecular weight excluding hydrogens is 112 g/mol. The highest BCUT2D eigenvalue weighted by Crippen LogP contribution is 1.98. The second kappa shape index (κ2) is 4.13. The van der Waals surface area contributed by atoms with E-state index in [2.05, 4.69) is 25.7 Å². The van der Waals surface area contributed by atoms with Gasteiger partial charge in [-0.1, -0.05) is 12.5 Å². The Morgan fingerprint density at radius 1 is 1.78 bits per heavy atom. The molecule has 0 aliphatic heterocycles. The molecule has 0 rings (SSSR count). The molecule has 9 heavy (non-hydrogen) atoms. The van der Waals surface area contributed by atoms with Gasteiger partial charge in [-0.05, 0) is 13.3 Å². The third-order valence-corrected chi connectivity index (χ3v) is 1.19. The fraction of sp³-hybridized carbons (Fsp3) is 0.571. The number of nitrogens with zero attached hydrogens (tertiary/aromatic N) is 2. The summed E-state index contributed by atoms with van der Waals surface area (Å²) < 4.78 is 0. The van der Waals surface area contributed by atoms with Gasteiger partial charge in [0.05, 0.1) is 0 Å². The predicted molar refractivity (Wildman–Crippen MR) is 41.4 cm³/mol. The minimum Gasteiger partial charge on any atom is -0.277 e. The minimum atomic E-state index is 1.07. The molecule has 0 heterocycles. The lowest BCUT2D eigenvalue weighted by atomic mass is 10.3. The van der Waals surface area contributed by atoms with E-state index in [4.69, 9.17) is 0 Å². The molecule has 0 atom stereocenters. The summed E-state index contributed by atoms with van der Waals surface area (Å²) in [5, 5.41) is 5.39. The lowest BCUT2D eigenvalue weighted by Crippen LogP contribution is -2.00. The molecule has 0 bridgehead atoms. The van der Waals surface area contributed by atoms with E-state index in [9.17, 15) is 0 Å². The molecule has 0 amide bonds. The van der Waals surface area contributed by atoms with Crippen molar-refractivity contribution in [2.24, 2.45) is 5.10 Å². The van der Waals surface area contributed by atoms with Crippen LogP contribution in [0.5, 0.6) is 0 Å². The van der Waals surface area contributed by atoms with E-state index in [1.54, 1.807) is 5.01 Å². The van der Waals surface area contributed by atoms with Crippen molar-refractivity contribution < 1.29 is 0 Å². The zero-order chi connectivity index (χ0) is 7.28. The first kappa shape index (κ1) is 8.21. The molecule has 2 nitrogen and oxygen atoms in total. The molecule has 0 unspecified atom stereocenters. The van der Waals surface area contributed by atoms with Crippen molar-refractivity contribution >= 4 is 6.72 Å². The smallest absolute Gasteiger partial charge is 0.0296 e. The molecule has 0 spiro atoms. The number of hydrogen-bond donors (Lipinski definition) is 0. The third kappa shape index (κ3) is 3.76. The lowest BCUT2D eigenvalue weighted by Gasteiger charge is -2.05. The van der Waals surface area contributed by atoms with Gasteiger partial charge in [-0.3, -0.25) is 5.01 Å². The summed E-state index contributed by atoms with van der Waals surface area (Å²) in [6.07, 6.45) is 3.03. The van der Waals surface area contributed by atoms with Crippen LogP contribution in [0.3, 0.4) is 0 Å². The highest BCUT2D eigenvalue weighted by atomic mass is 15.4. The van der Waals surface area contributed by atoms with Crippen molar-refractivity contribution in [1.82, 2.24) is 5.01 Å². The first-order valence-electron chi connectivity index (χ1n) is 3.07. The van der Waals surface area contributed by atoms with Crippen LogP contribution in [0.25, 0.3) is 0 Å². The van der Waals surface area contributed by atoms with Gasteiger partial charge in [0.25, 0.3) is 0 Å². The molecule has 0 saturated heterocycles. The van der Waals surface area contributed by atoms with Crippen LogP contribution < -0.4 is 0 Å². The normalized spacial score (nSPS) is 11.2. The van der Waals surface area contributed by atoms with Gasteiger partial charge in [-0.2, -0.15) is 5.10 Å². The highest BCUT2D eigenvalue weighted by molar-refractivity contribution is 5.22. The Hall–Kier alpha value is -0.790. The molecule has 0 fully saturated rings. The van der Waals surface area contributed by atoms with Gasteiger partial charge in [0.1, 0.15) is 0 Å². The van der Waals surface area contributed by atoms with Crippen LogP contribution in [0.15, 0.2) is 16.9 Å². The number of rotatable bonds is 3. The molecule has 0 N–H and O–H groups in total. The van der Waals surface area contributed by atoms with Gasteiger partial charge in [0, 0.05) is 20.0 Å². The Bertz CT molecular complexity index is 116. The summed E-state index contributed by atoms with van der Waals surface area (Å²) in [5.41, 5.74) is 1.31. The summed E-state index contributed by atoms with van der Waals surface area (Å²) in [4.78, 5) is 0. The van der Waals surface area contributed by atoms with Crippen LogP contribution in [-0.4, -0.2) is 18.8 Å². The third-order valence-electron chi connectivity index (χ3n) is 1.19. The second-order valence-corrected chi connectivity index (χ2v) is 2.04. The average Bonchev–Trinajstić information content (AvgIpc) is 1.87. The molecule has 0 radical (unpaired) electrons. The average molecular weight is 126 g/mol. The van der Waals surface area contributed by atoms with Gasteiger partial charge in [0.2, 0.25) is 0 Å². The molecule has 0 aromatic heterocycles. The first-order valence-corrected chi connectivity index (χ1v) is 3.07. The number of hydrogen-bond acceptors (Lipinski definition) is 2. The van der Waals surface area contributed by atoms with Crippen molar-refractivity contribution in [1.29, 1.82) is 0 Å². The zero-order valence-electron chi connectivity index (χ0n) is 6.39. The minimum absolute atomic E-state index is 1.07. The molecule has 0 aliphatic carbocycles. The van der Waals surface area contributed by atoms with E-state index >= 15 is 0 Å². The van der Waals surface area contributed by atoms with Crippen molar-refractivity contribution in [3.63, 3.8) is 0 Å². The van der Waals surface area contributed by atoms with E-state index in [0.717, 1.165) is 6.42 Å². The van der Waals surface area contributed by atoms with Crippen molar-refractivity contribution in [3.05, 3.63) is 11.8 Å². The molecule has 0 saturated carbocycles. The van der Waals surface area contributed by atoms with Gasteiger partial charge >= 0.3 is 0 Å². The predicted octanol–water partition coefficient (Wildman–Crippen LogP) is 1.85. The van der Waals surface area contributed by atoms with E-state index in [1.807, 2.05) is 13.2 Å².